The summed E-state index contributed by atoms with van der Waals surface area (Å²) in [6.45, 7) is 7.08. The fraction of sp³-hybridized carbons (Fsp3) is 0.667. The molecule has 3 rings (SSSR count). The zero-order valence-electron chi connectivity index (χ0n) is 11.7. The lowest BCUT2D eigenvalue weighted by molar-refractivity contribution is 0.0274. The van der Waals surface area contributed by atoms with Crippen LogP contribution in [0.25, 0.3) is 0 Å². The van der Waals surface area contributed by atoms with E-state index in [-0.39, 0.29) is 11.5 Å². The molecule has 2 N–H and O–H groups in total. The number of nitrogens with two attached hydrogens (primary N) is 1. The molecule has 2 saturated carbocycles. The molecule has 0 amide bonds. The Balaban J connectivity index is 1.86. The molecule has 4 heteroatoms. The van der Waals surface area contributed by atoms with Gasteiger partial charge in [0.1, 0.15) is 11.1 Å². The van der Waals surface area contributed by atoms with E-state index in [1.807, 2.05) is 0 Å². The van der Waals surface area contributed by atoms with Crippen molar-refractivity contribution in [3.8, 4) is 5.88 Å². The van der Waals surface area contributed by atoms with Crippen molar-refractivity contribution in [3.05, 3.63) is 17.3 Å². The predicted molar refractivity (Wildman–Crippen MR) is 77.3 cm³/mol. The third-order valence-corrected chi connectivity index (χ3v) is 6.07. The van der Waals surface area contributed by atoms with Gasteiger partial charge in [-0.1, -0.05) is 32.4 Å². The van der Waals surface area contributed by atoms with E-state index in [9.17, 15) is 0 Å². The molecule has 3 unspecified atom stereocenters. The van der Waals surface area contributed by atoms with Crippen LogP contribution in [-0.2, 0) is 0 Å². The molecular weight excluding hydrogens is 260 g/mol. The van der Waals surface area contributed by atoms with Gasteiger partial charge in [0.25, 0.3) is 0 Å². The van der Waals surface area contributed by atoms with Crippen molar-refractivity contribution in [1.82, 2.24) is 4.98 Å². The van der Waals surface area contributed by atoms with Gasteiger partial charge in [-0.2, -0.15) is 0 Å². The Morgan fingerprint density at radius 3 is 2.68 bits per heavy atom. The zero-order chi connectivity index (χ0) is 13.8. The topological polar surface area (TPSA) is 48.1 Å². The van der Waals surface area contributed by atoms with Gasteiger partial charge in [-0.25, -0.2) is 4.98 Å². The van der Waals surface area contributed by atoms with Crippen LogP contribution < -0.4 is 10.5 Å². The maximum atomic E-state index is 6.16. The Labute approximate surface area is 119 Å². The van der Waals surface area contributed by atoms with Gasteiger partial charge in [0.05, 0.1) is 11.9 Å². The number of anilines is 1. The molecule has 0 aliphatic heterocycles. The number of hydrogen-bond donors (Lipinski definition) is 1. The van der Waals surface area contributed by atoms with Crippen molar-refractivity contribution in [3.63, 3.8) is 0 Å². The van der Waals surface area contributed by atoms with Crippen molar-refractivity contribution < 1.29 is 4.74 Å². The van der Waals surface area contributed by atoms with Gasteiger partial charge in [-0.15, -0.1) is 0 Å². The number of rotatable bonds is 2. The predicted octanol–water partition coefficient (Wildman–Crippen LogP) is 3.91. The van der Waals surface area contributed by atoms with Crippen LogP contribution in [0.2, 0.25) is 5.02 Å². The third kappa shape index (κ3) is 1.74. The van der Waals surface area contributed by atoms with Crippen LogP contribution in [0.4, 0.5) is 5.69 Å². The quantitative estimate of drug-likeness (QED) is 0.893. The fourth-order valence-corrected chi connectivity index (χ4v) is 4.19. The Morgan fingerprint density at radius 2 is 2.16 bits per heavy atom. The lowest BCUT2D eigenvalue weighted by Gasteiger charge is -2.38. The van der Waals surface area contributed by atoms with Crippen LogP contribution in [0, 0.1) is 16.7 Å². The van der Waals surface area contributed by atoms with Crippen molar-refractivity contribution in [2.24, 2.45) is 16.7 Å². The van der Waals surface area contributed by atoms with E-state index in [2.05, 4.69) is 25.8 Å². The third-order valence-electron chi connectivity index (χ3n) is 5.80. The highest BCUT2D eigenvalue weighted by Gasteiger charge is 2.62. The van der Waals surface area contributed by atoms with Crippen LogP contribution in [0.5, 0.6) is 5.88 Å². The number of nitrogens with zero attached hydrogens (tertiary/aromatic N) is 1. The molecule has 104 valence electrons. The molecule has 3 atom stereocenters. The highest BCUT2D eigenvalue weighted by atomic mass is 35.5. The number of nitrogen functional groups attached to an aromatic ring is 1. The first-order chi connectivity index (χ1) is 8.84. The lowest BCUT2D eigenvalue weighted by atomic mass is 9.70. The van der Waals surface area contributed by atoms with Crippen LogP contribution in [0.15, 0.2) is 12.3 Å². The molecule has 2 fully saturated rings. The summed E-state index contributed by atoms with van der Waals surface area (Å²) in [5.41, 5.74) is 6.77. The zero-order valence-corrected chi connectivity index (χ0v) is 12.5. The summed E-state index contributed by atoms with van der Waals surface area (Å²) in [5, 5.41) is 0.504. The van der Waals surface area contributed by atoms with Gasteiger partial charge >= 0.3 is 0 Å². The second kappa shape index (κ2) is 4.02. The minimum absolute atomic E-state index is 0.204. The number of pyridine rings is 1. The first-order valence-corrected chi connectivity index (χ1v) is 7.30. The molecule has 0 spiro atoms. The molecule has 0 radical (unpaired) electrons. The Hall–Kier alpha value is -0.960. The van der Waals surface area contributed by atoms with E-state index in [0.29, 0.717) is 22.0 Å². The average Bonchev–Trinajstić information content (AvgIpc) is 2.65. The Bertz CT molecular complexity index is 517. The van der Waals surface area contributed by atoms with Crippen molar-refractivity contribution >= 4 is 17.3 Å². The van der Waals surface area contributed by atoms with Gasteiger partial charge in [-0.05, 0) is 36.7 Å². The van der Waals surface area contributed by atoms with E-state index in [1.54, 1.807) is 12.3 Å². The molecule has 1 aromatic rings. The molecule has 0 aromatic carbocycles. The highest BCUT2D eigenvalue weighted by Crippen LogP contribution is 2.66. The van der Waals surface area contributed by atoms with Crippen LogP contribution in [0.3, 0.4) is 0 Å². The normalized spacial score (nSPS) is 35.6. The van der Waals surface area contributed by atoms with Gasteiger partial charge < -0.3 is 10.5 Å². The average molecular weight is 281 g/mol. The maximum absolute atomic E-state index is 6.16. The van der Waals surface area contributed by atoms with E-state index in [0.717, 1.165) is 12.3 Å². The molecule has 2 bridgehead atoms. The Morgan fingerprint density at radius 1 is 1.42 bits per heavy atom. The van der Waals surface area contributed by atoms with Gasteiger partial charge in [0.2, 0.25) is 5.88 Å². The van der Waals surface area contributed by atoms with Crippen molar-refractivity contribution in [2.75, 3.05) is 5.73 Å². The van der Waals surface area contributed by atoms with Crippen molar-refractivity contribution in [2.45, 2.75) is 46.1 Å². The smallest absolute Gasteiger partial charge is 0.232 e. The largest absolute Gasteiger partial charge is 0.473 e. The summed E-state index contributed by atoms with van der Waals surface area (Å²) in [5.74, 6) is 1.26. The summed E-state index contributed by atoms with van der Waals surface area (Å²) < 4.78 is 6.14. The van der Waals surface area contributed by atoms with Gasteiger partial charge in [-0.3, -0.25) is 0 Å². The monoisotopic (exact) mass is 280 g/mol. The van der Waals surface area contributed by atoms with E-state index < -0.39 is 0 Å². The first kappa shape index (κ1) is 13.0. The number of ether oxygens (including phenoxy) is 1. The SMILES string of the molecule is CC1(C)C2CCC1(C)C(Oc1ncc(N)cc1Cl)C2. The van der Waals surface area contributed by atoms with E-state index in [4.69, 9.17) is 22.1 Å². The summed E-state index contributed by atoms with van der Waals surface area (Å²) in [4.78, 5) is 4.22. The Kier molecular flexibility index (Phi) is 2.76. The number of aromatic nitrogens is 1. The molecule has 0 saturated heterocycles. The number of fused-ring (bicyclic) bond motifs is 2. The lowest BCUT2D eigenvalue weighted by Crippen LogP contribution is -2.39. The second-order valence-electron chi connectivity index (χ2n) is 6.77. The van der Waals surface area contributed by atoms with E-state index >= 15 is 0 Å². The molecule has 2 aliphatic carbocycles. The summed E-state index contributed by atoms with van der Waals surface area (Å²) in [6, 6.07) is 1.70. The second-order valence-corrected chi connectivity index (χ2v) is 7.18. The summed E-state index contributed by atoms with van der Waals surface area (Å²) >= 11 is 6.16. The van der Waals surface area contributed by atoms with E-state index in [1.165, 1.54) is 12.8 Å². The minimum atomic E-state index is 0.204. The molecular formula is C15H21ClN2O. The molecule has 1 heterocycles. The molecule has 1 aromatic heterocycles. The van der Waals surface area contributed by atoms with Crippen molar-refractivity contribution in [1.29, 1.82) is 0 Å². The molecule has 3 nitrogen and oxygen atoms in total. The molecule has 19 heavy (non-hydrogen) atoms. The first-order valence-electron chi connectivity index (χ1n) is 6.92. The van der Waals surface area contributed by atoms with Gasteiger partial charge in [0, 0.05) is 5.41 Å². The summed E-state index contributed by atoms with van der Waals surface area (Å²) in [6.07, 6.45) is 5.44. The number of halogens is 1. The molecule has 2 aliphatic rings. The van der Waals surface area contributed by atoms with Crippen LogP contribution >= 0.6 is 11.6 Å². The van der Waals surface area contributed by atoms with Gasteiger partial charge in [0.15, 0.2) is 0 Å². The highest BCUT2D eigenvalue weighted by molar-refractivity contribution is 6.32. The minimum Gasteiger partial charge on any atom is -0.473 e. The standard InChI is InChI=1S/C15H21ClN2O/c1-14(2)9-4-5-15(14,3)12(6-9)19-13-11(16)7-10(17)8-18-13/h7-9,12H,4-6,17H2,1-3H3. The van der Waals surface area contributed by atoms with Crippen LogP contribution in [-0.4, -0.2) is 11.1 Å². The number of hydrogen-bond acceptors (Lipinski definition) is 3. The maximum Gasteiger partial charge on any atom is 0.232 e. The van der Waals surface area contributed by atoms with Crippen LogP contribution in [0.1, 0.15) is 40.0 Å². The summed E-state index contributed by atoms with van der Waals surface area (Å²) in [7, 11) is 0. The fourth-order valence-electron chi connectivity index (χ4n) is 3.97.